The van der Waals surface area contributed by atoms with Crippen LogP contribution in [0.3, 0.4) is 0 Å². The third-order valence-corrected chi connectivity index (χ3v) is 6.86. The molecular weight excluding hydrogens is 549 g/mol. The molecule has 12 heteroatoms. The number of halogens is 2. The topological polar surface area (TPSA) is 124 Å². The van der Waals surface area contributed by atoms with Crippen LogP contribution in [0.5, 0.6) is 5.75 Å². The van der Waals surface area contributed by atoms with Crippen molar-refractivity contribution in [1.29, 1.82) is 0 Å². The van der Waals surface area contributed by atoms with Crippen molar-refractivity contribution in [3.8, 4) is 5.75 Å². The molecular formula is C29H33ClFN7O3. The normalized spacial score (nSPS) is 15.2. The standard InChI is InChI=1S/C29H33ClFN7O3/c1-6-27(39)35-22-13-23(25(41-5)14-24(22)38-10-8-17(16-38)15-32-4)36-28-33-9-7-26(37-28)34-21-12-19(30)20(31)11-18(21)29(2,3)40/h6-7,9,11-15,17,40H,1,8,10,16H2,2-5H3,(H,35,39)(H2,33,34,36,37). The van der Waals surface area contributed by atoms with Crippen molar-refractivity contribution in [3.63, 3.8) is 0 Å². The first-order valence-electron chi connectivity index (χ1n) is 12.9. The number of amides is 1. The van der Waals surface area contributed by atoms with Crippen molar-refractivity contribution < 1.29 is 19.0 Å². The molecule has 41 heavy (non-hydrogen) atoms. The third kappa shape index (κ3) is 7.11. The van der Waals surface area contributed by atoms with Gasteiger partial charge in [-0.1, -0.05) is 18.2 Å². The molecule has 1 atom stereocenters. The molecule has 0 aliphatic carbocycles. The van der Waals surface area contributed by atoms with Gasteiger partial charge in [-0.15, -0.1) is 0 Å². The van der Waals surface area contributed by atoms with E-state index in [0.29, 0.717) is 40.1 Å². The smallest absolute Gasteiger partial charge is 0.247 e. The Hall–Kier alpha value is -4.22. The summed E-state index contributed by atoms with van der Waals surface area (Å²) in [5.41, 5.74) is 1.24. The predicted octanol–water partition coefficient (Wildman–Crippen LogP) is 5.64. The van der Waals surface area contributed by atoms with Gasteiger partial charge in [0.1, 0.15) is 17.4 Å². The van der Waals surface area contributed by atoms with E-state index >= 15 is 0 Å². The number of carbonyl (C=O) groups excluding carboxylic acids is 1. The average Bonchev–Trinajstić information content (AvgIpc) is 3.39. The summed E-state index contributed by atoms with van der Waals surface area (Å²) in [7, 11) is 3.31. The maximum Gasteiger partial charge on any atom is 0.247 e. The lowest BCUT2D eigenvalue weighted by molar-refractivity contribution is -0.111. The highest BCUT2D eigenvalue weighted by Crippen LogP contribution is 2.40. The van der Waals surface area contributed by atoms with Crippen LogP contribution in [0.25, 0.3) is 0 Å². The summed E-state index contributed by atoms with van der Waals surface area (Å²) in [6.45, 7) is 8.20. The van der Waals surface area contributed by atoms with E-state index in [0.717, 1.165) is 25.2 Å². The van der Waals surface area contributed by atoms with Crippen molar-refractivity contribution in [2.45, 2.75) is 25.9 Å². The molecule has 1 aromatic heterocycles. The number of benzene rings is 2. The highest BCUT2D eigenvalue weighted by Gasteiger charge is 2.26. The summed E-state index contributed by atoms with van der Waals surface area (Å²) in [5, 5.41) is 19.6. The molecule has 1 saturated heterocycles. The molecule has 1 fully saturated rings. The van der Waals surface area contributed by atoms with Gasteiger partial charge in [-0.05, 0) is 50.6 Å². The van der Waals surface area contributed by atoms with Gasteiger partial charge in [-0.3, -0.25) is 4.79 Å². The number of aliphatic hydroxyl groups is 1. The van der Waals surface area contributed by atoms with Gasteiger partial charge in [0.05, 0.1) is 34.8 Å². The van der Waals surface area contributed by atoms with Crippen LogP contribution in [-0.4, -0.2) is 54.4 Å². The molecule has 0 bridgehead atoms. The van der Waals surface area contributed by atoms with Crippen molar-refractivity contribution >= 4 is 58.2 Å². The first kappa shape index (κ1) is 29.8. The van der Waals surface area contributed by atoms with Gasteiger partial charge in [0.2, 0.25) is 11.9 Å². The van der Waals surface area contributed by atoms with Crippen LogP contribution < -0.4 is 25.6 Å². The Labute approximate surface area is 243 Å². The molecule has 0 spiro atoms. The number of rotatable bonds is 10. The molecule has 10 nitrogen and oxygen atoms in total. The SMILES string of the molecule is C=CC(=O)Nc1cc(Nc2nccc(Nc3cc(Cl)c(F)cc3C(C)(C)O)n2)c(OC)cc1N1CCC(C=NC)C1. The number of carbonyl (C=O) groups is 1. The fourth-order valence-electron chi connectivity index (χ4n) is 4.62. The predicted molar refractivity (Wildman–Crippen MR) is 162 cm³/mol. The zero-order chi connectivity index (χ0) is 29.7. The monoisotopic (exact) mass is 581 g/mol. The van der Waals surface area contributed by atoms with E-state index in [9.17, 15) is 14.3 Å². The van der Waals surface area contributed by atoms with E-state index in [1.54, 1.807) is 40.1 Å². The summed E-state index contributed by atoms with van der Waals surface area (Å²) >= 11 is 6.02. The molecule has 0 radical (unpaired) electrons. The van der Waals surface area contributed by atoms with Crippen molar-refractivity contribution in [2.75, 3.05) is 48.1 Å². The second-order valence-electron chi connectivity index (χ2n) is 10.1. The number of methoxy groups -OCH3 is 1. The van der Waals surface area contributed by atoms with E-state index in [4.69, 9.17) is 16.3 Å². The maximum absolute atomic E-state index is 14.2. The van der Waals surface area contributed by atoms with Crippen LogP contribution in [-0.2, 0) is 10.4 Å². The molecule has 4 rings (SSSR count). The van der Waals surface area contributed by atoms with E-state index < -0.39 is 11.4 Å². The van der Waals surface area contributed by atoms with Gasteiger partial charge in [0, 0.05) is 55.8 Å². The van der Waals surface area contributed by atoms with Gasteiger partial charge >= 0.3 is 0 Å². The van der Waals surface area contributed by atoms with Crippen molar-refractivity contribution in [2.24, 2.45) is 10.9 Å². The Balaban J connectivity index is 1.66. The number of nitrogens with one attached hydrogen (secondary N) is 3. The number of hydrogen-bond donors (Lipinski definition) is 4. The van der Waals surface area contributed by atoms with Crippen LogP contribution >= 0.6 is 11.6 Å². The van der Waals surface area contributed by atoms with Crippen molar-refractivity contribution in [3.05, 3.63) is 65.6 Å². The zero-order valence-corrected chi connectivity index (χ0v) is 24.1. The molecule has 1 aliphatic heterocycles. The largest absolute Gasteiger partial charge is 0.494 e. The number of aliphatic imine (C=N–C) groups is 1. The van der Waals surface area contributed by atoms with Gasteiger partial charge in [-0.25, -0.2) is 9.37 Å². The van der Waals surface area contributed by atoms with Crippen molar-refractivity contribution in [1.82, 2.24) is 9.97 Å². The lowest BCUT2D eigenvalue weighted by Crippen LogP contribution is -2.22. The second kappa shape index (κ2) is 12.5. The van der Waals surface area contributed by atoms with Gasteiger partial charge < -0.3 is 35.7 Å². The lowest BCUT2D eigenvalue weighted by Gasteiger charge is -2.24. The van der Waals surface area contributed by atoms with E-state index in [-0.39, 0.29) is 16.9 Å². The molecule has 216 valence electrons. The Bertz CT molecular complexity index is 1480. The van der Waals surface area contributed by atoms with Crippen LogP contribution in [0.2, 0.25) is 5.02 Å². The Kier molecular flexibility index (Phi) is 9.09. The first-order valence-corrected chi connectivity index (χ1v) is 13.3. The molecule has 1 aliphatic rings. The number of anilines is 6. The minimum atomic E-state index is -1.35. The number of ether oxygens (including phenoxy) is 1. The van der Waals surface area contributed by atoms with Crippen LogP contribution in [0.15, 0.2) is 54.2 Å². The molecule has 3 aromatic rings. The lowest BCUT2D eigenvalue weighted by atomic mass is 9.96. The number of aromatic nitrogens is 2. The van der Waals surface area contributed by atoms with Crippen LogP contribution in [0.1, 0.15) is 25.8 Å². The van der Waals surface area contributed by atoms with Crippen LogP contribution in [0, 0.1) is 11.7 Å². The molecule has 0 saturated carbocycles. The average molecular weight is 582 g/mol. The van der Waals surface area contributed by atoms with Gasteiger partial charge in [-0.2, -0.15) is 4.98 Å². The molecule has 1 amide bonds. The molecule has 2 heterocycles. The summed E-state index contributed by atoms with van der Waals surface area (Å²) in [5.74, 6) is 0.421. The van der Waals surface area contributed by atoms with Gasteiger partial charge in [0.25, 0.3) is 0 Å². The summed E-state index contributed by atoms with van der Waals surface area (Å²) in [4.78, 5) is 27.5. The first-order chi connectivity index (χ1) is 19.5. The van der Waals surface area contributed by atoms with E-state index in [1.807, 2.05) is 12.3 Å². The quantitative estimate of drug-likeness (QED) is 0.179. The Morgan fingerprint density at radius 2 is 2.05 bits per heavy atom. The maximum atomic E-state index is 14.2. The molecule has 2 aromatic carbocycles. The number of hydrogen-bond acceptors (Lipinski definition) is 9. The fraction of sp³-hybridized carbons (Fsp3) is 0.310. The second-order valence-corrected chi connectivity index (χ2v) is 10.5. The molecule has 4 N–H and O–H groups in total. The highest BCUT2D eigenvalue weighted by atomic mass is 35.5. The molecule has 1 unspecified atom stereocenters. The Morgan fingerprint density at radius 3 is 2.73 bits per heavy atom. The van der Waals surface area contributed by atoms with Gasteiger partial charge in [0.15, 0.2) is 0 Å². The third-order valence-electron chi connectivity index (χ3n) is 6.57. The highest BCUT2D eigenvalue weighted by molar-refractivity contribution is 6.31. The summed E-state index contributed by atoms with van der Waals surface area (Å²) in [6, 6.07) is 7.81. The van der Waals surface area contributed by atoms with Crippen LogP contribution in [0.4, 0.5) is 38.9 Å². The van der Waals surface area contributed by atoms with E-state index in [2.05, 4.69) is 42.4 Å². The summed E-state index contributed by atoms with van der Waals surface area (Å²) < 4.78 is 19.8. The fourth-order valence-corrected chi connectivity index (χ4v) is 4.79. The minimum absolute atomic E-state index is 0.0990. The Morgan fingerprint density at radius 1 is 1.27 bits per heavy atom. The zero-order valence-electron chi connectivity index (χ0n) is 23.3. The number of nitrogens with zero attached hydrogens (tertiary/aromatic N) is 4. The minimum Gasteiger partial charge on any atom is -0.494 e. The summed E-state index contributed by atoms with van der Waals surface area (Å²) in [6.07, 6.45) is 5.63. The van der Waals surface area contributed by atoms with E-state index in [1.165, 1.54) is 24.4 Å².